The van der Waals surface area contributed by atoms with Gasteiger partial charge in [0, 0.05) is 0 Å². The second-order valence-electron chi connectivity index (χ2n) is 2.20. The topological polar surface area (TPSA) is 17.1 Å². The molecule has 0 aromatic heterocycles. The van der Waals surface area contributed by atoms with Crippen molar-refractivity contribution in [3.8, 4) is 12.3 Å². The Morgan fingerprint density at radius 2 is 1.85 bits per heavy atom. The molecular weight excluding hydrogens is 181 g/mol. The van der Waals surface area contributed by atoms with E-state index in [-0.39, 0.29) is 0 Å². The molecule has 0 unspecified atom stereocenters. The van der Waals surface area contributed by atoms with E-state index in [1.54, 1.807) is 5.92 Å². The summed E-state index contributed by atoms with van der Waals surface area (Å²) in [5.74, 6) is -4.02. The molecule has 0 atom stereocenters. The summed E-state index contributed by atoms with van der Waals surface area (Å²) < 4.78 is 37.6. The number of terminal acetylenes is 1. The standard InChI is InChI=1S/C9H3F3O/c1-2-7(13)5-3-4-6(10)9(12)8(5)11/h1,3-4H. The zero-order valence-electron chi connectivity index (χ0n) is 6.27. The third-order valence-corrected chi connectivity index (χ3v) is 1.41. The molecule has 0 saturated carbocycles. The van der Waals surface area contributed by atoms with Crippen LogP contribution in [0, 0.1) is 29.8 Å². The van der Waals surface area contributed by atoms with Crippen LogP contribution in [0.1, 0.15) is 10.4 Å². The molecule has 0 saturated heterocycles. The van der Waals surface area contributed by atoms with Crippen molar-refractivity contribution < 1.29 is 18.0 Å². The van der Waals surface area contributed by atoms with Crippen LogP contribution < -0.4 is 0 Å². The number of carbonyl (C=O) groups excluding carboxylic acids is 1. The molecule has 13 heavy (non-hydrogen) atoms. The van der Waals surface area contributed by atoms with Crippen molar-refractivity contribution in [2.45, 2.75) is 0 Å². The van der Waals surface area contributed by atoms with Gasteiger partial charge in [-0.25, -0.2) is 13.2 Å². The minimum atomic E-state index is -1.69. The average molecular weight is 184 g/mol. The molecule has 0 amide bonds. The number of rotatable bonds is 1. The highest BCUT2D eigenvalue weighted by Crippen LogP contribution is 2.15. The van der Waals surface area contributed by atoms with Gasteiger partial charge in [0.05, 0.1) is 5.56 Å². The van der Waals surface area contributed by atoms with Crippen LogP contribution in [0.2, 0.25) is 0 Å². The number of hydrogen-bond donors (Lipinski definition) is 0. The quantitative estimate of drug-likeness (QED) is 0.282. The summed E-state index contributed by atoms with van der Waals surface area (Å²) in [6, 6.07) is 1.44. The largest absolute Gasteiger partial charge is 0.279 e. The van der Waals surface area contributed by atoms with E-state index in [0.29, 0.717) is 6.07 Å². The molecule has 1 aromatic rings. The van der Waals surface area contributed by atoms with Gasteiger partial charge in [-0.1, -0.05) is 0 Å². The van der Waals surface area contributed by atoms with Gasteiger partial charge in [-0.05, 0) is 18.1 Å². The van der Waals surface area contributed by atoms with Gasteiger partial charge in [0.25, 0.3) is 0 Å². The summed E-state index contributed by atoms with van der Waals surface area (Å²) in [5.41, 5.74) is -0.638. The van der Waals surface area contributed by atoms with Crippen molar-refractivity contribution in [3.63, 3.8) is 0 Å². The van der Waals surface area contributed by atoms with Gasteiger partial charge in [0.1, 0.15) is 0 Å². The fourth-order valence-electron chi connectivity index (χ4n) is 0.779. The second-order valence-corrected chi connectivity index (χ2v) is 2.20. The minimum absolute atomic E-state index is 0.638. The Labute approximate surface area is 72.2 Å². The minimum Gasteiger partial charge on any atom is -0.279 e. The molecule has 0 fully saturated rings. The third-order valence-electron chi connectivity index (χ3n) is 1.41. The number of benzene rings is 1. The van der Waals surface area contributed by atoms with E-state index in [0.717, 1.165) is 6.07 Å². The number of ketones is 1. The summed E-state index contributed by atoms with van der Waals surface area (Å²) in [5, 5.41) is 0. The zero-order valence-corrected chi connectivity index (χ0v) is 6.27. The molecule has 1 nitrogen and oxygen atoms in total. The fraction of sp³-hybridized carbons (Fsp3) is 0. The first kappa shape index (κ1) is 9.33. The van der Waals surface area contributed by atoms with Crippen LogP contribution in [-0.4, -0.2) is 5.78 Å². The molecule has 0 bridgehead atoms. The maximum absolute atomic E-state index is 12.8. The Morgan fingerprint density at radius 3 is 2.38 bits per heavy atom. The van der Waals surface area contributed by atoms with Crippen LogP contribution in [0.3, 0.4) is 0 Å². The Kier molecular flexibility index (Phi) is 2.38. The Bertz CT molecular complexity index is 404. The summed E-state index contributed by atoms with van der Waals surface area (Å²) >= 11 is 0. The zero-order chi connectivity index (χ0) is 10.0. The maximum atomic E-state index is 12.8. The predicted octanol–water partition coefficient (Wildman–Crippen LogP) is 1.92. The van der Waals surface area contributed by atoms with Crippen molar-refractivity contribution in [2.24, 2.45) is 0 Å². The lowest BCUT2D eigenvalue weighted by atomic mass is 10.1. The first-order chi connectivity index (χ1) is 6.07. The predicted molar refractivity (Wildman–Crippen MR) is 39.5 cm³/mol. The molecule has 0 spiro atoms. The summed E-state index contributed by atoms with van der Waals surface area (Å²) in [4.78, 5) is 10.7. The molecule has 0 aliphatic heterocycles. The van der Waals surface area contributed by atoms with Gasteiger partial charge in [0.2, 0.25) is 5.78 Å². The van der Waals surface area contributed by atoms with Gasteiger partial charge in [-0.15, -0.1) is 6.42 Å². The number of halogens is 3. The van der Waals surface area contributed by atoms with Crippen molar-refractivity contribution in [1.82, 2.24) is 0 Å². The molecule has 0 N–H and O–H groups in total. The molecule has 0 radical (unpaired) electrons. The smallest absolute Gasteiger partial charge is 0.238 e. The van der Waals surface area contributed by atoms with Crippen LogP contribution in [0.5, 0.6) is 0 Å². The number of carbonyl (C=O) groups is 1. The van der Waals surface area contributed by atoms with Crippen molar-refractivity contribution in [1.29, 1.82) is 0 Å². The number of hydrogen-bond acceptors (Lipinski definition) is 1. The SMILES string of the molecule is C#CC(=O)c1ccc(F)c(F)c1F. The van der Waals surface area contributed by atoms with Gasteiger partial charge < -0.3 is 0 Å². The van der Waals surface area contributed by atoms with E-state index in [1.807, 2.05) is 0 Å². The van der Waals surface area contributed by atoms with Gasteiger partial charge in [-0.2, -0.15) is 0 Å². The third kappa shape index (κ3) is 1.54. The highest BCUT2D eigenvalue weighted by Gasteiger charge is 2.16. The molecule has 1 aromatic carbocycles. The molecule has 0 aliphatic carbocycles. The average Bonchev–Trinajstić information content (AvgIpc) is 2.13. The van der Waals surface area contributed by atoms with Crippen LogP contribution in [0.15, 0.2) is 12.1 Å². The van der Waals surface area contributed by atoms with Crippen LogP contribution in [-0.2, 0) is 0 Å². The van der Waals surface area contributed by atoms with Gasteiger partial charge in [-0.3, -0.25) is 4.79 Å². The Hall–Kier alpha value is -1.76. The van der Waals surface area contributed by atoms with Crippen molar-refractivity contribution in [2.75, 3.05) is 0 Å². The highest BCUT2D eigenvalue weighted by molar-refractivity contribution is 6.08. The van der Waals surface area contributed by atoms with Gasteiger partial charge >= 0.3 is 0 Å². The monoisotopic (exact) mass is 184 g/mol. The molecular formula is C9H3F3O. The lowest BCUT2D eigenvalue weighted by molar-refractivity contribution is 0.105. The van der Waals surface area contributed by atoms with E-state index in [1.165, 1.54) is 0 Å². The molecule has 1 rings (SSSR count). The molecule has 0 aliphatic rings. The first-order valence-electron chi connectivity index (χ1n) is 3.22. The van der Waals surface area contributed by atoms with Crippen molar-refractivity contribution in [3.05, 3.63) is 35.1 Å². The van der Waals surface area contributed by atoms with Crippen LogP contribution in [0.25, 0.3) is 0 Å². The van der Waals surface area contributed by atoms with E-state index >= 15 is 0 Å². The normalized spacial score (nSPS) is 9.38. The van der Waals surface area contributed by atoms with Crippen molar-refractivity contribution >= 4 is 5.78 Å². The summed E-state index contributed by atoms with van der Waals surface area (Å²) in [7, 11) is 0. The first-order valence-corrected chi connectivity index (χ1v) is 3.22. The fourth-order valence-corrected chi connectivity index (χ4v) is 0.779. The van der Waals surface area contributed by atoms with Gasteiger partial charge in [0.15, 0.2) is 17.5 Å². The van der Waals surface area contributed by atoms with Crippen LogP contribution >= 0.6 is 0 Å². The summed E-state index contributed by atoms with van der Waals surface area (Å²) in [6.45, 7) is 0. The Morgan fingerprint density at radius 1 is 1.23 bits per heavy atom. The Balaban J connectivity index is 3.36. The number of Topliss-reactive ketones (excluding diaryl/α,β-unsaturated/α-hetero) is 1. The molecule has 0 heterocycles. The van der Waals surface area contributed by atoms with Crippen LogP contribution in [0.4, 0.5) is 13.2 Å². The van der Waals surface area contributed by atoms with E-state index in [9.17, 15) is 18.0 Å². The van der Waals surface area contributed by atoms with E-state index in [4.69, 9.17) is 0 Å². The second kappa shape index (κ2) is 3.31. The lowest BCUT2D eigenvalue weighted by Gasteiger charge is -1.98. The summed E-state index contributed by atoms with van der Waals surface area (Å²) in [6.07, 6.45) is 4.68. The lowest BCUT2D eigenvalue weighted by Crippen LogP contribution is -2.03. The molecule has 66 valence electrons. The maximum Gasteiger partial charge on any atom is 0.238 e. The highest BCUT2D eigenvalue weighted by atomic mass is 19.2. The molecule has 4 heteroatoms. The van der Waals surface area contributed by atoms with E-state index in [2.05, 4.69) is 6.42 Å². The van der Waals surface area contributed by atoms with E-state index < -0.39 is 28.8 Å².